The van der Waals surface area contributed by atoms with Gasteiger partial charge in [-0.3, -0.25) is 4.79 Å². The third-order valence-corrected chi connectivity index (χ3v) is 2.83. The minimum Gasteiger partial charge on any atom is -0.504 e. The number of benzene rings is 2. The molecule has 0 aliphatic rings. The highest BCUT2D eigenvalue weighted by molar-refractivity contribution is 5.94. The molecular weight excluding hydrogens is 261 g/mol. The Balaban J connectivity index is 1.90. The Bertz CT molecular complexity index is 628. The Kier molecular flexibility index (Phi) is 4.20. The first kappa shape index (κ1) is 13.9. The number of phenolic OH excluding ortho intramolecular Hbond substituents is 2. The molecule has 0 heterocycles. The van der Waals surface area contributed by atoms with Gasteiger partial charge in [-0.1, -0.05) is 12.1 Å². The minimum atomic E-state index is -0.364. The van der Waals surface area contributed by atoms with Crippen molar-refractivity contribution in [3.05, 3.63) is 59.4 Å². The van der Waals surface area contributed by atoms with E-state index in [-0.39, 0.29) is 28.8 Å². The van der Waals surface area contributed by atoms with Gasteiger partial charge in [0.05, 0.1) is 0 Å². The first-order chi connectivity index (χ1) is 9.56. The number of nitrogens with one attached hydrogen (secondary N) is 1. The normalized spacial score (nSPS) is 10.2. The van der Waals surface area contributed by atoms with Gasteiger partial charge in [0, 0.05) is 12.1 Å². The average molecular weight is 275 g/mol. The van der Waals surface area contributed by atoms with Gasteiger partial charge < -0.3 is 15.5 Å². The molecule has 0 spiro atoms. The molecule has 0 fully saturated rings. The molecule has 2 rings (SSSR count). The summed E-state index contributed by atoms with van der Waals surface area (Å²) in [6, 6.07) is 10.0. The molecule has 0 saturated heterocycles. The molecule has 0 aliphatic heterocycles. The number of halogens is 1. The van der Waals surface area contributed by atoms with Gasteiger partial charge in [-0.2, -0.15) is 0 Å². The zero-order valence-corrected chi connectivity index (χ0v) is 10.6. The summed E-state index contributed by atoms with van der Waals surface area (Å²) in [5, 5.41) is 21.1. The molecule has 1 amide bonds. The van der Waals surface area contributed by atoms with Gasteiger partial charge in [-0.25, -0.2) is 4.39 Å². The smallest absolute Gasteiger partial charge is 0.251 e. The summed E-state index contributed by atoms with van der Waals surface area (Å²) in [5.41, 5.74) is 1.04. The summed E-state index contributed by atoms with van der Waals surface area (Å²) in [4.78, 5) is 11.8. The lowest BCUT2D eigenvalue weighted by Gasteiger charge is -2.06. The molecule has 0 unspecified atom stereocenters. The number of rotatable bonds is 4. The van der Waals surface area contributed by atoms with Gasteiger partial charge in [0.2, 0.25) is 0 Å². The summed E-state index contributed by atoms with van der Waals surface area (Å²) in [6.07, 6.45) is 0.508. The minimum absolute atomic E-state index is 0.250. The highest BCUT2D eigenvalue weighted by Crippen LogP contribution is 2.24. The van der Waals surface area contributed by atoms with Crippen molar-refractivity contribution < 1.29 is 19.4 Å². The number of hydrogen-bond acceptors (Lipinski definition) is 3. The highest BCUT2D eigenvalue weighted by Gasteiger charge is 2.08. The molecule has 4 nitrogen and oxygen atoms in total. The molecule has 3 N–H and O–H groups in total. The maximum absolute atomic E-state index is 13.0. The van der Waals surface area contributed by atoms with Crippen molar-refractivity contribution in [2.75, 3.05) is 6.54 Å². The van der Waals surface area contributed by atoms with Crippen LogP contribution in [0.4, 0.5) is 4.39 Å². The van der Waals surface area contributed by atoms with Gasteiger partial charge >= 0.3 is 0 Å². The van der Waals surface area contributed by atoms with Crippen LogP contribution >= 0.6 is 0 Å². The van der Waals surface area contributed by atoms with Crippen LogP contribution in [0.5, 0.6) is 11.5 Å². The summed E-state index contributed by atoms with van der Waals surface area (Å²) < 4.78 is 13.0. The van der Waals surface area contributed by atoms with Crippen molar-refractivity contribution in [1.29, 1.82) is 0 Å². The number of aromatic hydroxyl groups is 2. The topological polar surface area (TPSA) is 69.6 Å². The van der Waals surface area contributed by atoms with Crippen LogP contribution in [0, 0.1) is 5.82 Å². The quantitative estimate of drug-likeness (QED) is 0.749. The highest BCUT2D eigenvalue weighted by atomic mass is 19.1. The lowest BCUT2D eigenvalue weighted by atomic mass is 10.1. The van der Waals surface area contributed by atoms with Crippen molar-refractivity contribution in [2.24, 2.45) is 0 Å². The zero-order valence-electron chi connectivity index (χ0n) is 10.6. The number of carbonyl (C=O) groups is 1. The second-order valence-corrected chi connectivity index (χ2v) is 4.34. The monoisotopic (exact) mass is 275 g/mol. The van der Waals surface area contributed by atoms with E-state index in [1.165, 1.54) is 30.3 Å². The van der Waals surface area contributed by atoms with Crippen LogP contribution in [0.1, 0.15) is 15.9 Å². The molecule has 5 heteroatoms. The van der Waals surface area contributed by atoms with Gasteiger partial charge in [0.25, 0.3) is 5.91 Å². The molecule has 0 aliphatic carbocycles. The van der Waals surface area contributed by atoms with E-state index >= 15 is 0 Å². The first-order valence-corrected chi connectivity index (χ1v) is 6.11. The molecule has 0 aromatic heterocycles. The molecule has 2 aromatic carbocycles. The second-order valence-electron chi connectivity index (χ2n) is 4.34. The SMILES string of the molecule is O=C(NCCc1cccc(F)c1)c1ccc(O)c(O)c1. The standard InChI is InChI=1S/C15H14FNO3/c16-12-3-1-2-10(8-12)6-7-17-15(20)11-4-5-13(18)14(19)9-11/h1-5,8-9,18-19H,6-7H2,(H,17,20). The Morgan fingerprint density at radius 1 is 1.10 bits per heavy atom. The van der Waals surface area contributed by atoms with Gasteiger partial charge in [0.15, 0.2) is 11.5 Å². The summed E-state index contributed by atoms with van der Waals surface area (Å²) in [7, 11) is 0. The predicted molar refractivity (Wildman–Crippen MR) is 72.2 cm³/mol. The molecular formula is C15H14FNO3. The van der Waals surface area contributed by atoms with E-state index in [2.05, 4.69) is 5.32 Å². The summed E-state index contributed by atoms with van der Waals surface area (Å²) >= 11 is 0. The molecule has 0 radical (unpaired) electrons. The van der Waals surface area contributed by atoms with E-state index in [4.69, 9.17) is 5.11 Å². The van der Waals surface area contributed by atoms with Crippen molar-refractivity contribution in [3.8, 4) is 11.5 Å². The molecule has 104 valence electrons. The number of amides is 1. The Morgan fingerprint density at radius 2 is 1.90 bits per heavy atom. The predicted octanol–water partition coefficient (Wildman–Crippen LogP) is 2.21. The van der Waals surface area contributed by atoms with E-state index < -0.39 is 0 Å². The van der Waals surface area contributed by atoms with Crippen molar-refractivity contribution >= 4 is 5.91 Å². The van der Waals surface area contributed by atoms with Gasteiger partial charge in [0.1, 0.15) is 5.82 Å². The molecule has 2 aromatic rings. The Labute approximate surface area is 115 Å². The van der Waals surface area contributed by atoms with Crippen LogP contribution < -0.4 is 5.32 Å². The van der Waals surface area contributed by atoms with Crippen LogP contribution in [0.3, 0.4) is 0 Å². The van der Waals surface area contributed by atoms with E-state index in [0.717, 1.165) is 5.56 Å². The number of phenols is 2. The lowest BCUT2D eigenvalue weighted by Crippen LogP contribution is -2.25. The summed E-state index contributed by atoms with van der Waals surface area (Å²) in [6.45, 7) is 0.351. The molecule has 0 bridgehead atoms. The third kappa shape index (κ3) is 3.47. The Morgan fingerprint density at radius 3 is 2.60 bits per heavy atom. The zero-order chi connectivity index (χ0) is 14.5. The third-order valence-electron chi connectivity index (χ3n) is 2.83. The Hall–Kier alpha value is -2.56. The van der Waals surface area contributed by atoms with Crippen molar-refractivity contribution in [1.82, 2.24) is 5.32 Å². The van der Waals surface area contributed by atoms with E-state index in [1.807, 2.05) is 0 Å². The maximum atomic E-state index is 13.0. The van der Waals surface area contributed by atoms with E-state index in [1.54, 1.807) is 12.1 Å². The first-order valence-electron chi connectivity index (χ1n) is 6.11. The van der Waals surface area contributed by atoms with Crippen LogP contribution in [0.15, 0.2) is 42.5 Å². The van der Waals surface area contributed by atoms with Gasteiger partial charge in [-0.15, -0.1) is 0 Å². The van der Waals surface area contributed by atoms with Crippen LogP contribution in [0.25, 0.3) is 0 Å². The van der Waals surface area contributed by atoms with Crippen molar-refractivity contribution in [2.45, 2.75) is 6.42 Å². The average Bonchev–Trinajstić information content (AvgIpc) is 2.42. The maximum Gasteiger partial charge on any atom is 0.251 e. The summed E-state index contributed by atoms with van der Waals surface area (Å²) in [5.74, 6) is -1.29. The van der Waals surface area contributed by atoms with Crippen LogP contribution in [0.2, 0.25) is 0 Å². The fourth-order valence-electron chi connectivity index (χ4n) is 1.78. The second kappa shape index (κ2) is 6.06. The van der Waals surface area contributed by atoms with Crippen LogP contribution in [-0.2, 0) is 6.42 Å². The number of carbonyl (C=O) groups excluding carboxylic acids is 1. The fraction of sp³-hybridized carbons (Fsp3) is 0.133. The van der Waals surface area contributed by atoms with Crippen molar-refractivity contribution in [3.63, 3.8) is 0 Å². The molecule has 0 saturated carbocycles. The van der Waals surface area contributed by atoms with E-state index in [0.29, 0.717) is 13.0 Å². The van der Waals surface area contributed by atoms with Gasteiger partial charge in [-0.05, 0) is 42.3 Å². The lowest BCUT2D eigenvalue weighted by molar-refractivity contribution is 0.0953. The largest absolute Gasteiger partial charge is 0.504 e. The molecule has 0 atom stereocenters. The van der Waals surface area contributed by atoms with Crippen LogP contribution in [-0.4, -0.2) is 22.7 Å². The molecule has 20 heavy (non-hydrogen) atoms. The van der Waals surface area contributed by atoms with E-state index in [9.17, 15) is 14.3 Å². The fourth-order valence-corrected chi connectivity index (χ4v) is 1.78. The number of hydrogen-bond donors (Lipinski definition) is 3.